The van der Waals surface area contributed by atoms with Crippen LogP contribution in [-0.4, -0.2) is 89.2 Å². The SMILES string of the molecule is O=C(O)/C=C/C(=O)O.O=C1c2cc(O[C@@H]3CN4CCC3CC4)ccc2-c2ccc(O[C@@H]3CN4CCC3CC4)cc21. The molecule has 0 aromatic heterocycles. The Labute approximate surface area is 233 Å². The van der Waals surface area contributed by atoms with Gasteiger partial charge in [0.1, 0.15) is 23.7 Å². The maximum Gasteiger partial charge on any atom is 0.328 e. The number of nitrogens with zero attached hydrogens (tertiary/aromatic N) is 2. The molecule has 6 fully saturated rings. The number of ether oxygens (including phenoxy) is 2. The van der Waals surface area contributed by atoms with E-state index in [4.69, 9.17) is 19.7 Å². The van der Waals surface area contributed by atoms with Gasteiger partial charge in [0.05, 0.1) is 0 Å². The lowest BCUT2D eigenvalue weighted by Crippen LogP contribution is -2.52. The smallest absolute Gasteiger partial charge is 0.328 e. The van der Waals surface area contributed by atoms with Crippen LogP contribution in [0.25, 0.3) is 11.1 Å². The van der Waals surface area contributed by atoms with Crippen LogP contribution in [0.2, 0.25) is 0 Å². The number of carboxylic acid groups (broad SMARTS) is 2. The van der Waals surface area contributed by atoms with Crippen molar-refractivity contribution in [3.63, 3.8) is 0 Å². The van der Waals surface area contributed by atoms with Gasteiger partial charge in [-0.3, -0.25) is 14.6 Å². The van der Waals surface area contributed by atoms with E-state index in [1.54, 1.807) is 0 Å². The second-order valence-electron chi connectivity index (χ2n) is 11.3. The number of carbonyl (C=O) groups excluding carboxylic acids is 1. The number of hydrogen-bond donors (Lipinski definition) is 2. The van der Waals surface area contributed by atoms with Crippen LogP contribution in [-0.2, 0) is 9.59 Å². The number of fused-ring (bicyclic) bond motifs is 9. The predicted octanol–water partition coefficient (Wildman–Crippen LogP) is 3.56. The van der Waals surface area contributed by atoms with E-state index in [1.807, 2.05) is 24.3 Å². The summed E-state index contributed by atoms with van der Waals surface area (Å²) in [6, 6.07) is 12.1. The van der Waals surface area contributed by atoms with Gasteiger partial charge in [-0.25, -0.2) is 9.59 Å². The van der Waals surface area contributed by atoms with Gasteiger partial charge in [-0.1, -0.05) is 0 Å². The average Bonchev–Trinajstić information content (AvgIpc) is 3.24. The van der Waals surface area contributed by atoms with Crippen molar-refractivity contribution in [3.05, 3.63) is 59.7 Å². The van der Waals surface area contributed by atoms with Crippen LogP contribution >= 0.6 is 0 Å². The minimum atomic E-state index is -1.26. The lowest BCUT2D eigenvalue weighted by Gasteiger charge is -2.44. The number of carboxylic acids is 2. The fourth-order valence-electron chi connectivity index (χ4n) is 6.76. The number of ketones is 1. The molecule has 210 valence electrons. The van der Waals surface area contributed by atoms with E-state index in [2.05, 4.69) is 21.9 Å². The fraction of sp³-hybridized carbons (Fsp3) is 0.452. The highest BCUT2D eigenvalue weighted by atomic mass is 16.5. The highest BCUT2D eigenvalue weighted by Crippen LogP contribution is 2.41. The van der Waals surface area contributed by atoms with Gasteiger partial charge in [-0.2, -0.15) is 0 Å². The van der Waals surface area contributed by atoms with Crippen molar-refractivity contribution in [2.75, 3.05) is 39.3 Å². The van der Waals surface area contributed by atoms with Crippen molar-refractivity contribution in [1.29, 1.82) is 0 Å². The highest BCUT2D eigenvalue weighted by Gasteiger charge is 2.37. The lowest BCUT2D eigenvalue weighted by molar-refractivity contribution is -0.134. The first-order valence-corrected chi connectivity index (χ1v) is 14.1. The third kappa shape index (κ3) is 5.48. The van der Waals surface area contributed by atoms with Crippen LogP contribution in [0, 0.1) is 11.8 Å². The first-order valence-electron chi connectivity index (χ1n) is 14.1. The van der Waals surface area contributed by atoms with E-state index in [0.717, 1.165) is 46.8 Å². The zero-order chi connectivity index (χ0) is 27.8. The van der Waals surface area contributed by atoms with Crippen molar-refractivity contribution in [1.82, 2.24) is 9.80 Å². The average molecular weight is 547 g/mol. The molecular formula is C31H34N2O7. The normalized spacial score (nSPS) is 29.4. The van der Waals surface area contributed by atoms with Gasteiger partial charge in [0.25, 0.3) is 0 Å². The molecule has 7 aliphatic rings. The van der Waals surface area contributed by atoms with Gasteiger partial charge in [0, 0.05) is 36.4 Å². The van der Waals surface area contributed by atoms with Crippen molar-refractivity contribution >= 4 is 17.7 Å². The van der Waals surface area contributed by atoms with Crippen molar-refractivity contribution in [2.24, 2.45) is 11.8 Å². The zero-order valence-electron chi connectivity index (χ0n) is 22.3. The lowest BCUT2D eigenvalue weighted by atomic mass is 9.86. The molecule has 2 aromatic rings. The Balaban J connectivity index is 0.000000319. The molecule has 6 saturated heterocycles. The number of carbonyl (C=O) groups is 3. The van der Waals surface area contributed by atoms with Gasteiger partial charge in [0.15, 0.2) is 5.78 Å². The molecule has 9 nitrogen and oxygen atoms in total. The molecule has 9 rings (SSSR count). The molecule has 2 atom stereocenters. The van der Waals surface area contributed by atoms with E-state index >= 15 is 0 Å². The monoisotopic (exact) mass is 546 g/mol. The Morgan fingerprint density at radius 2 is 1.07 bits per heavy atom. The maximum atomic E-state index is 13.3. The molecule has 0 amide bonds. The second-order valence-corrected chi connectivity index (χ2v) is 11.3. The summed E-state index contributed by atoms with van der Waals surface area (Å²) in [5.41, 5.74) is 3.55. The Morgan fingerprint density at radius 3 is 1.40 bits per heavy atom. The molecule has 2 aromatic carbocycles. The molecule has 4 bridgehead atoms. The molecule has 0 radical (unpaired) electrons. The molecule has 6 heterocycles. The summed E-state index contributed by atoms with van der Waals surface area (Å²) in [6.45, 7) is 6.82. The molecule has 40 heavy (non-hydrogen) atoms. The van der Waals surface area contributed by atoms with Crippen LogP contribution in [0.4, 0.5) is 0 Å². The van der Waals surface area contributed by atoms with Gasteiger partial charge in [0.2, 0.25) is 0 Å². The summed E-state index contributed by atoms with van der Waals surface area (Å²) in [4.78, 5) is 37.4. The largest absolute Gasteiger partial charge is 0.489 e. The summed E-state index contributed by atoms with van der Waals surface area (Å²) in [7, 11) is 0. The van der Waals surface area contributed by atoms with Crippen LogP contribution in [0.3, 0.4) is 0 Å². The van der Waals surface area contributed by atoms with Crippen LogP contribution < -0.4 is 9.47 Å². The van der Waals surface area contributed by atoms with Crippen molar-refractivity contribution < 1.29 is 34.1 Å². The molecule has 0 spiro atoms. The Kier molecular flexibility index (Phi) is 7.33. The Bertz CT molecular complexity index is 1240. The Morgan fingerprint density at radius 1 is 0.675 bits per heavy atom. The summed E-state index contributed by atoms with van der Waals surface area (Å²) in [5.74, 6) is 0.521. The Hall–Kier alpha value is -3.69. The van der Waals surface area contributed by atoms with E-state index in [9.17, 15) is 14.4 Å². The molecular weight excluding hydrogens is 512 g/mol. The highest BCUT2D eigenvalue weighted by molar-refractivity contribution is 6.22. The van der Waals surface area contributed by atoms with Gasteiger partial charge in [-0.05, 0) is 111 Å². The maximum absolute atomic E-state index is 13.3. The number of piperidine rings is 6. The predicted molar refractivity (Wildman–Crippen MR) is 147 cm³/mol. The van der Waals surface area contributed by atoms with E-state index in [0.29, 0.717) is 24.0 Å². The van der Waals surface area contributed by atoms with E-state index < -0.39 is 11.9 Å². The summed E-state index contributed by atoms with van der Waals surface area (Å²) in [6.07, 6.45) is 6.51. The number of rotatable bonds is 6. The van der Waals surface area contributed by atoms with E-state index in [1.165, 1.54) is 51.9 Å². The number of benzene rings is 2. The molecule has 0 unspecified atom stereocenters. The molecule has 9 heteroatoms. The van der Waals surface area contributed by atoms with Crippen LogP contribution in [0.5, 0.6) is 11.5 Å². The fourth-order valence-corrected chi connectivity index (χ4v) is 6.76. The summed E-state index contributed by atoms with van der Waals surface area (Å²) in [5, 5.41) is 15.6. The minimum Gasteiger partial charge on any atom is -0.489 e. The number of hydrogen-bond acceptors (Lipinski definition) is 7. The standard InChI is InChI=1S/C27H30N2O3.C4H4O4/c30-27-23-13-19(31-25-15-28-9-5-17(25)6-10-28)1-3-21(23)22-4-2-20(14-24(22)27)32-26-16-29-11-7-18(26)8-12-29;5-3(6)1-2-4(7)8/h1-4,13-14,17-18,25-26H,5-12,15-16H2;1-2H,(H,5,6)(H,7,8)/b;2-1+/t25-,26-;/m1./s1. The van der Waals surface area contributed by atoms with Gasteiger partial charge >= 0.3 is 11.9 Å². The van der Waals surface area contributed by atoms with Gasteiger partial charge in [-0.15, -0.1) is 0 Å². The van der Waals surface area contributed by atoms with Gasteiger partial charge < -0.3 is 19.7 Å². The topological polar surface area (TPSA) is 117 Å². The quantitative estimate of drug-likeness (QED) is 0.448. The molecule has 6 aliphatic heterocycles. The third-order valence-electron chi connectivity index (χ3n) is 8.90. The number of aliphatic carboxylic acids is 2. The van der Waals surface area contributed by atoms with E-state index in [-0.39, 0.29) is 18.0 Å². The summed E-state index contributed by atoms with van der Waals surface area (Å²) < 4.78 is 12.8. The second kappa shape index (κ2) is 11.1. The minimum absolute atomic E-state index is 0.0914. The third-order valence-corrected chi connectivity index (χ3v) is 8.90. The molecule has 2 N–H and O–H groups in total. The molecule has 0 saturated carbocycles. The van der Waals surface area contributed by atoms with Crippen molar-refractivity contribution in [2.45, 2.75) is 37.9 Å². The van der Waals surface area contributed by atoms with Crippen molar-refractivity contribution in [3.8, 4) is 22.6 Å². The van der Waals surface area contributed by atoms with Crippen LogP contribution in [0.15, 0.2) is 48.6 Å². The van der Waals surface area contributed by atoms with Crippen LogP contribution in [0.1, 0.15) is 41.6 Å². The first-order chi connectivity index (χ1) is 19.3. The molecule has 1 aliphatic carbocycles. The summed E-state index contributed by atoms with van der Waals surface area (Å²) >= 11 is 0. The zero-order valence-corrected chi connectivity index (χ0v) is 22.3. The first kappa shape index (κ1) is 26.5.